The molecule has 1 aromatic carbocycles. The van der Waals surface area contributed by atoms with Gasteiger partial charge in [-0.2, -0.15) is 5.10 Å². The number of aromatic amines is 1. The summed E-state index contributed by atoms with van der Waals surface area (Å²) in [5.41, 5.74) is 5.92. The minimum atomic E-state index is 0.0113. The minimum absolute atomic E-state index is 0.0113. The minimum Gasteiger partial charge on any atom is -0.377 e. The highest BCUT2D eigenvalue weighted by Gasteiger charge is 2.34. The Morgan fingerprint density at radius 3 is 2.89 bits per heavy atom. The summed E-state index contributed by atoms with van der Waals surface area (Å²) in [4.78, 5) is 20.2. The number of allylic oxidation sites excluding steroid dienone is 2. The maximum Gasteiger partial charge on any atom is 0.256 e. The van der Waals surface area contributed by atoms with Gasteiger partial charge in [-0.3, -0.25) is 14.9 Å². The highest BCUT2D eigenvalue weighted by atomic mass is 16.5. The number of benzene rings is 1. The lowest BCUT2D eigenvalue weighted by molar-refractivity contribution is 0.0731. The summed E-state index contributed by atoms with van der Waals surface area (Å²) in [5, 5.41) is 7.94. The maximum absolute atomic E-state index is 14.0. The molecule has 3 heterocycles. The molecule has 0 radical (unpaired) electrons. The molecule has 1 unspecified atom stereocenters. The first-order valence-corrected chi connectivity index (χ1v) is 12.0. The Morgan fingerprint density at radius 2 is 2.14 bits per heavy atom. The highest BCUT2D eigenvalue weighted by Crippen LogP contribution is 2.35. The largest absolute Gasteiger partial charge is 0.377 e. The highest BCUT2D eigenvalue weighted by molar-refractivity contribution is 6.08. The summed E-state index contributed by atoms with van der Waals surface area (Å²) in [6, 6.07) is 10.5. The Morgan fingerprint density at radius 1 is 1.23 bits per heavy atom. The van der Waals surface area contributed by atoms with E-state index in [9.17, 15) is 4.79 Å². The van der Waals surface area contributed by atoms with Crippen LogP contribution < -0.4 is 0 Å². The van der Waals surface area contributed by atoms with Gasteiger partial charge < -0.3 is 14.2 Å². The summed E-state index contributed by atoms with van der Waals surface area (Å²) in [5.74, 6) is 0.0615. The monoisotopic (exact) mass is 465 g/mol. The number of carbonyl (C=O) groups excluding carboxylic acids is 1. The summed E-state index contributed by atoms with van der Waals surface area (Å²) in [6.07, 6.45) is 18.3. The van der Waals surface area contributed by atoms with Crippen molar-refractivity contribution in [3.05, 3.63) is 90.7 Å². The van der Waals surface area contributed by atoms with E-state index in [1.54, 1.807) is 13.3 Å². The van der Waals surface area contributed by atoms with Crippen molar-refractivity contribution in [3.8, 4) is 11.1 Å². The second-order valence-corrected chi connectivity index (χ2v) is 9.18. The molecule has 1 saturated carbocycles. The van der Waals surface area contributed by atoms with Gasteiger partial charge in [0, 0.05) is 67.6 Å². The first kappa shape index (κ1) is 21.6. The molecule has 7 nitrogen and oxygen atoms in total. The van der Waals surface area contributed by atoms with Crippen LogP contribution in [0.1, 0.15) is 35.2 Å². The van der Waals surface area contributed by atoms with Crippen molar-refractivity contribution < 1.29 is 9.53 Å². The topological polar surface area (TPSA) is 76.0 Å². The van der Waals surface area contributed by atoms with E-state index in [2.05, 4.69) is 50.1 Å². The zero-order chi connectivity index (χ0) is 23.8. The number of fused-ring (bicyclic) bond motifs is 1. The van der Waals surface area contributed by atoms with Crippen molar-refractivity contribution in [1.29, 1.82) is 0 Å². The molecule has 0 aliphatic heterocycles. The predicted molar refractivity (Wildman–Crippen MR) is 135 cm³/mol. The Balaban J connectivity index is 1.45. The van der Waals surface area contributed by atoms with Crippen molar-refractivity contribution in [2.24, 2.45) is 0 Å². The lowest BCUT2D eigenvalue weighted by atomic mass is 10.0. The van der Waals surface area contributed by atoms with E-state index in [0.29, 0.717) is 6.54 Å². The fourth-order valence-electron chi connectivity index (χ4n) is 4.79. The number of carbonyl (C=O) groups is 1. The third-order valence-electron chi connectivity index (χ3n) is 6.83. The van der Waals surface area contributed by atoms with Crippen LogP contribution in [0.4, 0.5) is 0 Å². The van der Waals surface area contributed by atoms with Crippen LogP contribution >= 0.6 is 0 Å². The fourth-order valence-corrected chi connectivity index (χ4v) is 4.79. The van der Waals surface area contributed by atoms with Gasteiger partial charge in [-0.25, -0.2) is 0 Å². The SMILES string of the molecule is COC1C=CC=C(n2cc(C(=O)N(Cc3cccnc3)C3CC3)c3ccc(-c4cn[nH]c4)cc32)C1. The lowest BCUT2D eigenvalue weighted by Crippen LogP contribution is -2.32. The van der Waals surface area contributed by atoms with Crippen LogP contribution in [0.5, 0.6) is 0 Å². The van der Waals surface area contributed by atoms with Gasteiger partial charge in [0.15, 0.2) is 0 Å². The van der Waals surface area contributed by atoms with Crippen LogP contribution in [-0.2, 0) is 11.3 Å². The molecular formula is C28H27N5O2. The molecule has 1 atom stereocenters. The van der Waals surface area contributed by atoms with Gasteiger partial charge in [-0.05, 0) is 42.2 Å². The molecule has 0 bridgehead atoms. The Bertz CT molecular complexity index is 1410. The van der Waals surface area contributed by atoms with E-state index in [1.165, 1.54) is 0 Å². The first-order chi connectivity index (χ1) is 17.2. The van der Waals surface area contributed by atoms with E-state index in [1.807, 2.05) is 47.9 Å². The van der Waals surface area contributed by atoms with E-state index in [-0.39, 0.29) is 18.1 Å². The molecule has 6 rings (SSSR count). The van der Waals surface area contributed by atoms with Gasteiger partial charge in [-0.15, -0.1) is 0 Å². The number of amides is 1. The molecule has 35 heavy (non-hydrogen) atoms. The predicted octanol–water partition coefficient (Wildman–Crippen LogP) is 5.05. The molecule has 7 heteroatoms. The van der Waals surface area contributed by atoms with Crippen LogP contribution in [0, 0.1) is 0 Å². The number of ether oxygens (including phenoxy) is 1. The molecule has 0 saturated heterocycles. The number of aromatic nitrogens is 4. The molecule has 2 aliphatic carbocycles. The average Bonchev–Trinajstić information content (AvgIpc) is 3.45. The Kier molecular flexibility index (Phi) is 5.54. The smallest absolute Gasteiger partial charge is 0.256 e. The second-order valence-electron chi connectivity index (χ2n) is 9.18. The van der Waals surface area contributed by atoms with Gasteiger partial charge in [0.05, 0.1) is 23.4 Å². The average molecular weight is 466 g/mol. The molecule has 2 aliphatic rings. The van der Waals surface area contributed by atoms with Gasteiger partial charge in [-0.1, -0.05) is 30.4 Å². The van der Waals surface area contributed by atoms with E-state index in [4.69, 9.17) is 4.74 Å². The number of hydrogen-bond donors (Lipinski definition) is 1. The van der Waals surface area contributed by atoms with Crippen molar-refractivity contribution in [1.82, 2.24) is 24.6 Å². The van der Waals surface area contributed by atoms with Gasteiger partial charge >= 0.3 is 0 Å². The molecule has 3 aromatic heterocycles. The maximum atomic E-state index is 14.0. The van der Waals surface area contributed by atoms with Crippen LogP contribution in [-0.4, -0.2) is 49.8 Å². The summed E-state index contributed by atoms with van der Waals surface area (Å²) >= 11 is 0. The Labute approximate surface area is 203 Å². The van der Waals surface area contributed by atoms with Crippen LogP contribution in [0.2, 0.25) is 0 Å². The summed E-state index contributed by atoms with van der Waals surface area (Å²) in [7, 11) is 1.73. The number of nitrogens with one attached hydrogen (secondary N) is 1. The normalized spacial score (nSPS) is 17.5. The molecule has 176 valence electrons. The van der Waals surface area contributed by atoms with Gasteiger partial charge in [0.2, 0.25) is 0 Å². The van der Waals surface area contributed by atoms with E-state index >= 15 is 0 Å². The molecule has 0 spiro atoms. The van der Waals surface area contributed by atoms with Gasteiger partial charge in [0.25, 0.3) is 5.91 Å². The standard InChI is InChI=1S/C28H27N5O2/c1-35-24-6-2-5-23(13-24)32-18-26(25-10-7-20(12-27(25)32)21-15-30-31-16-21)28(34)33(22-8-9-22)17-19-4-3-11-29-14-19/h2-7,10-12,14-16,18,22,24H,8-9,13,17H2,1H3,(H,30,31). The zero-order valence-electron chi connectivity index (χ0n) is 19.6. The van der Waals surface area contributed by atoms with Crippen molar-refractivity contribution >= 4 is 22.5 Å². The van der Waals surface area contributed by atoms with Gasteiger partial charge in [0.1, 0.15) is 0 Å². The summed E-state index contributed by atoms with van der Waals surface area (Å²) < 4.78 is 7.75. The lowest BCUT2D eigenvalue weighted by Gasteiger charge is -2.22. The van der Waals surface area contributed by atoms with E-state index in [0.717, 1.165) is 58.1 Å². The van der Waals surface area contributed by atoms with Crippen molar-refractivity contribution in [3.63, 3.8) is 0 Å². The van der Waals surface area contributed by atoms with Crippen molar-refractivity contribution in [2.75, 3.05) is 7.11 Å². The zero-order valence-corrected chi connectivity index (χ0v) is 19.6. The second kappa shape index (κ2) is 9.00. The molecule has 4 aromatic rings. The number of rotatable bonds is 7. The summed E-state index contributed by atoms with van der Waals surface area (Å²) in [6.45, 7) is 0.564. The van der Waals surface area contributed by atoms with Crippen LogP contribution in [0.25, 0.3) is 27.7 Å². The third kappa shape index (κ3) is 4.19. The first-order valence-electron chi connectivity index (χ1n) is 12.0. The number of nitrogens with zero attached hydrogens (tertiary/aromatic N) is 4. The van der Waals surface area contributed by atoms with E-state index < -0.39 is 0 Å². The number of H-pyrrole nitrogens is 1. The number of hydrogen-bond acceptors (Lipinski definition) is 4. The molecular weight excluding hydrogens is 438 g/mol. The molecule has 1 fully saturated rings. The molecule has 1 amide bonds. The Hall–Kier alpha value is -3.97. The third-order valence-corrected chi connectivity index (χ3v) is 6.83. The number of pyridine rings is 1. The van der Waals surface area contributed by atoms with Crippen molar-refractivity contribution in [2.45, 2.75) is 38.0 Å². The fraction of sp³-hybridized carbons (Fsp3) is 0.250. The molecule has 1 N–H and O–H groups in total. The van der Waals surface area contributed by atoms with Crippen LogP contribution in [0.15, 0.2) is 79.5 Å². The number of methoxy groups -OCH3 is 1. The van der Waals surface area contributed by atoms with Crippen LogP contribution in [0.3, 0.4) is 0 Å². The quantitative estimate of drug-likeness (QED) is 0.415.